The molecule has 3 aromatic heterocycles. The Balaban J connectivity index is 0.000000125. The minimum absolute atomic E-state index is 1.03. The van der Waals surface area contributed by atoms with Crippen LogP contribution < -0.4 is 0 Å². The van der Waals surface area contributed by atoms with E-state index < -0.39 is 0 Å². The van der Waals surface area contributed by atoms with Crippen molar-refractivity contribution in [3.8, 4) is 0 Å². The zero-order valence-corrected chi connectivity index (χ0v) is 16.8. The molecule has 0 aliphatic heterocycles. The molecule has 0 spiro atoms. The predicted octanol–water partition coefficient (Wildman–Crippen LogP) is 6.30. The van der Waals surface area contributed by atoms with Crippen LogP contribution in [0.3, 0.4) is 0 Å². The predicted molar refractivity (Wildman–Crippen MR) is 119 cm³/mol. The second-order valence-corrected chi connectivity index (χ2v) is 6.79. The summed E-state index contributed by atoms with van der Waals surface area (Å²) in [5, 5.41) is 0. The number of hydrogen-bond donors (Lipinski definition) is 2. The molecule has 0 amide bonds. The molecule has 0 fully saturated rings. The molecule has 0 atom stereocenters. The maximum absolute atomic E-state index is 4.95. The van der Waals surface area contributed by atoms with Crippen molar-refractivity contribution in [1.82, 2.24) is 19.9 Å². The number of imidazole rings is 2. The van der Waals surface area contributed by atoms with Crippen LogP contribution in [-0.2, 0) is 6.42 Å². The molecule has 2 aromatic carbocycles. The summed E-state index contributed by atoms with van der Waals surface area (Å²) in [4.78, 5) is 14.1. The number of H-pyrrole nitrogens is 2. The second kappa shape index (κ2) is 10.7. The normalized spacial score (nSPS) is 10.0. The highest BCUT2D eigenvalue weighted by atomic mass is 16.3. The van der Waals surface area contributed by atoms with Crippen molar-refractivity contribution in [2.24, 2.45) is 0 Å². The number of allylic oxidation sites excluding steroid dienone is 2. The molecule has 5 nitrogen and oxygen atoms in total. The van der Waals surface area contributed by atoms with Gasteiger partial charge in [-0.1, -0.05) is 35.9 Å². The summed E-state index contributed by atoms with van der Waals surface area (Å²) < 4.78 is 4.95. The van der Waals surface area contributed by atoms with Gasteiger partial charge in [-0.2, -0.15) is 0 Å². The minimum atomic E-state index is 1.03. The Labute approximate surface area is 170 Å². The van der Waals surface area contributed by atoms with Crippen LogP contribution in [0.2, 0.25) is 0 Å². The van der Waals surface area contributed by atoms with E-state index in [1.807, 2.05) is 54.6 Å². The summed E-state index contributed by atoms with van der Waals surface area (Å²) in [7, 11) is 0. The van der Waals surface area contributed by atoms with E-state index in [0.29, 0.717) is 0 Å². The summed E-state index contributed by atoms with van der Waals surface area (Å²) in [5.74, 6) is 0. The number of para-hydroxylation sites is 4. The highest BCUT2D eigenvalue weighted by Crippen LogP contribution is 2.06. The van der Waals surface area contributed by atoms with Crippen LogP contribution in [0.25, 0.3) is 22.1 Å². The number of furan rings is 1. The minimum Gasteiger partial charge on any atom is -0.472 e. The molecular formula is C24H26N4O. The van der Waals surface area contributed by atoms with Crippen LogP contribution in [-0.4, -0.2) is 19.9 Å². The molecule has 5 rings (SSSR count). The molecule has 2 N–H and O–H groups in total. The quantitative estimate of drug-likeness (QED) is 0.357. The summed E-state index contributed by atoms with van der Waals surface area (Å²) >= 11 is 0. The molecule has 5 heteroatoms. The lowest BCUT2D eigenvalue weighted by Gasteiger charge is -1.91. The fraction of sp³-hybridized carbons (Fsp3) is 0.167. The van der Waals surface area contributed by atoms with E-state index in [2.05, 4.69) is 39.9 Å². The van der Waals surface area contributed by atoms with Crippen LogP contribution in [0.4, 0.5) is 0 Å². The standard InChI is InChI=1S/C10H14O.2C7H6N2/c1-9(2)4-3-5-10-6-7-11-8-10;2*1-2-4-7-6(3-1)8-5-9-7/h4,6-8H,3,5H2,1-2H3;2*1-5H,(H,8,9). The lowest BCUT2D eigenvalue weighted by atomic mass is 10.1. The Kier molecular flexibility index (Phi) is 7.41. The van der Waals surface area contributed by atoms with Crippen molar-refractivity contribution in [3.05, 3.63) is 97.0 Å². The zero-order valence-electron chi connectivity index (χ0n) is 16.8. The third-order valence-electron chi connectivity index (χ3n) is 4.22. The van der Waals surface area contributed by atoms with Gasteiger partial charge in [-0.25, -0.2) is 9.97 Å². The Morgan fingerprint density at radius 3 is 1.93 bits per heavy atom. The van der Waals surface area contributed by atoms with Gasteiger partial charge in [-0.3, -0.25) is 0 Å². The molecule has 29 heavy (non-hydrogen) atoms. The zero-order chi connectivity index (χ0) is 20.3. The van der Waals surface area contributed by atoms with Crippen LogP contribution in [0, 0.1) is 0 Å². The van der Waals surface area contributed by atoms with Gasteiger partial charge in [0.15, 0.2) is 0 Å². The number of benzene rings is 2. The van der Waals surface area contributed by atoms with Gasteiger partial charge in [-0.15, -0.1) is 0 Å². The highest BCUT2D eigenvalue weighted by Gasteiger charge is 1.91. The van der Waals surface area contributed by atoms with Crippen molar-refractivity contribution in [2.45, 2.75) is 26.7 Å². The third kappa shape index (κ3) is 6.50. The molecule has 0 radical (unpaired) electrons. The lowest BCUT2D eigenvalue weighted by molar-refractivity contribution is 0.564. The Hall–Kier alpha value is -3.60. The van der Waals surface area contributed by atoms with E-state index >= 15 is 0 Å². The molecule has 0 saturated carbocycles. The van der Waals surface area contributed by atoms with E-state index in [4.69, 9.17) is 4.42 Å². The van der Waals surface area contributed by atoms with Gasteiger partial charge in [-0.05, 0) is 62.6 Å². The van der Waals surface area contributed by atoms with Gasteiger partial charge in [0.2, 0.25) is 0 Å². The van der Waals surface area contributed by atoms with Crippen LogP contribution >= 0.6 is 0 Å². The topological polar surface area (TPSA) is 70.5 Å². The first kappa shape index (κ1) is 20.1. The van der Waals surface area contributed by atoms with Gasteiger partial charge in [0.05, 0.1) is 47.2 Å². The molecule has 0 aliphatic rings. The molecule has 5 aromatic rings. The Morgan fingerprint density at radius 2 is 1.45 bits per heavy atom. The maximum Gasteiger partial charge on any atom is 0.0934 e. The van der Waals surface area contributed by atoms with Gasteiger partial charge < -0.3 is 14.4 Å². The van der Waals surface area contributed by atoms with Crippen molar-refractivity contribution < 1.29 is 4.42 Å². The second-order valence-electron chi connectivity index (χ2n) is 6.79. The Morgan fingerprint density at radius 1 is 0.862 bits per heavy atom. The average Bonchev–Trinajstić information content (AvgIpc) is 3.49. The molecule has 148 valence electrons. The maximum atomic E-state index is 4.95. The van der Waals surface area contributed by atoms with Crippen LogP contribution in [0.1, 0.15) is 25.8 Å². The largest absolute Gasteiger partial charge is 0.472 e. The monoisotopic (exact) mass is 386 g/mol. The number of hydrogen-bond acceptors (Lipinski definition) is 3. The average molecular weight is 386 g/mol. The number of aromatic amines is 2. The molecular weight excluding hydrogens is 360 g/mol. The van der Waals surface area contributed by atoms with Crippen LogP contribution in [0.15, 0.2) is 95.8 Å². The molecule has 0 unspecified atom stereocenters. The molecule has 3 heterocycles. The third-order valence-corrected chi connectivity index (χ3v) is 4.22. The van der Waals surface area contributed by atoms with E-state index in [-0.39, 0.29) is 0 Å². The number of aryl methyl sites for hydroxylation is 1. The van der Waals surface area contributed by atoms with E-state index in [9.17, 15) is 0 Å². The van der Waals surface area contributed by atoms with E-state index in [1.54, 1.807) is 25.2 Å². The summed E-state index contributed by atoms with van der Waals surface area (Å²) in [5.41, 5.74) is 6.90. The summed E-state index contributed by atoms with van der Waals surface area (Å²) in [6.45, 7) is 4.24. The first-order valence-corrected chi connectivity index (χ1v) is 9.63. The van der Waals surface area contributed by atoms with Gasteiger partial charge >= 0.3 is 0 Å². The Bertz CT molecular complexity index is 1010. The van der Waals surface area contributed by atoms with Crippen molar-refractivity contribution in [1.29, 1.82) is 0 Å². The van der Waals surface area contributed by atoms with Crippen molar-refractivity contribution in [2.75, 3.05) is 0 Å². The van der Waals surface area contributed by atoms with Crippen molar-refractivity contribution in [3.63, 3.8) is 0 Å². The van der Waals surface area contributed by atoms with E-state index in [0.717, 1.165) is 34.9 Å². The van der Waals surface area contributed by atoms with Crippen LogP contribution in [0.5, 0.6) is 0 Å². The highest BCUT2D eigenvalue weighted by molar-refractivity contribution is 5.74. The van der Waals surface area contributed by atoms with E-state index in [1.165, 1.54) is 11.1 Å². The summed E-state index contributed by atoms with van der Waals surface area (Å²) in [6.07, 6.45) is 11.4. The van der Waals surface area contributed by atoms with Gasteiger partial charge in [0, 0.05) is 0 Å². The first-order chi connectivity index (χ1) is 14.2. The fourth-order valence-corrected chi connectivity index (χ4v) is 2.72. The lowest BCUT2D eigenvalue weighted by Crippen LogP contribution is -1.78. The molecule has 0 saturated heterocycles. The number of fused-ring (bicyclic) bond motifs is 2. The first-order valence-electron chi connectivity index (χ1n) is 9.63. The number of rotatable bonds is 3. The summed E-state index contributed by atoms with van der Waals surface area (Å²) in [6, 6.07) is 17.9. The number of nitrogens with zero attached hydrogens (tertiary/aromatic N) is 2. The van der Waals surface area contributed by atoms with Gasteiger partial charge in [0.1, 0.15) is 0 Å². The smallest absolute Gasteiger partial charge is 0.0934 e. The number of nitrogens with one attached hydrogen (secondary N) is 2. The molecule has 0 aliphatic carbocycles. The fourth-order valence-electron chi connectivity index (χ4n) is 2.72. The van der Waals surface area contributed by atoms with Gasteiger partial charge in [0.25, 0.3) is 0 Å². The molecule has 0 bridgehead atoms. The number of aromatic nitrogens is 4. The van der Waals surface area contributed by atoms with Crippen molar-refractivity contribution >= 4 is 22.1 Å². The SMILES string of the molecule is CC(C)=CCCc1ccoc1.c1ccc2[nH]cnc2c1.c1ccc2[nH]cnc2c1.